The summed E-state index contributed by atoms with van der Waals surface area (Å²) in [6.45, 7) is 0.789. The van der Waals surface area contributed by atoms with Crippen molar-refractivity contribution in [2.75, 3.05) is 16.8 Å². The van der Waals surface area contributed by atoms with Crippen molar-refractivity contribution in [1.29, 1.82) is 0 Å². The number of pyridine rings is 1. The highest BCUT2D eigenvalue weighted by molar-refractivity contribution is 6.02. The van der Waals surface area contributed by atoms with Gasteiger partial charge in [-0.2, -0.15) is 0 Å². The second-order valence-electron chi connectivity index (χ2n) is 11.6. The highest BCUT2D eigenvalue weighted by Gasteiger charge is 2.42. The summed E-state index contributed by atoms with van der Waals surface area (Å²) in [6.07, 6.45) is 12.3. The minimum absolute atomic E-state index is 0.0816. The van der Waals surface area contributed by atoms with Gasteiger partial charge >= 0.3 is 0 Å². The molecule has 3 atom stereocenters. The number of hydrogen-bond donors (Lipinski definition) is 3. The van der Waals surface area contributed by atoms with E-state index >= 15 is 0 Å². The van der Waals surface area contributed by atoms with Crippen molar-refractivity contribution < 1.29 is 14.4 Å². The highest BCUT2D eigenvalue weighted by atomic mass is 16.2. The van der Waals surface area contributed by atoms with Crippen LogP contribution in [0.5, 0.6) is 0 Å². The predicted molar refractivity (Wildman–Crippen MR) is 146 cm³/mol. The summed E-state index contributed by atoms with van der Waals surface area (Å²) in [7, 11) is 0. The first kappa shape index (κ1) is 24.9. The zero-order chi connectivity index (χ0) is 26.2. The molecular formula is C30H37N5O3. The van der Waals surface area contributed by atoms with E-state index in [1.165, 1.54) is 12.8 Å². The van der Waals surface area contributed by atoms with Gasteiger partial charge in [-0.1, -0.05) is 12.8 Å². The fourth-order valence-electron chi connectivity index (χ4n) is 6.67. The SMILES string of the molecule is NC(=O)c1ccc(C(=O)NC2C[C@H]3CC[C@@H](C2)N3c2ccc(C(=O)C3CCCC3)cn2)cc1NCC1CC1. The first-order chi connectivity index (χ1) is 18.5. The average molecular weight is 516 g/mol. The molecule has 4 N–H and O–H groups in total. The fourth-order valence-corrected chi connectivity index (χ4v) is 6.67. The predicted octanol–water partition coefficient (Wildman–Crippen LogP) is 4.31. The van der Waals surface area contributed by atoms with Crippen LogP contribution in [0.4, 0.5) is 11.5 Å². The van der Waals surface area contributed by atoms with Crippen LogP contribution in [0, 0.1) is 11.8 Å². The molecule has 8 heteroatoms. The van der Waals surface area contributed by atoms with Crippen LogP contribution in [0.3, 0.4) is 0 Å². The number of rotatable bonds is 9. The van der Waals surface area contributed by atoms with Crippen molar-refractivity contribution >= 4 is 29.1 Å². The number of carbonyl (C=O) groups excluding carboxylic acids is 3. The number of piperidine rings is 1. The van der Waals surface area contributed by atoms with Crippen LogP contribution in [-0.2, 0) is 0 Å². The van der Waals surface area contributed by atoms with Crippen molar-refractivity contribution in [2.45, 2.75) is 82.3 Å². The third-order valence-electron chi connectivity index (χ3n) is 8.92. The lowest BCUT2D eigenvalue weighted by Crippen LogP contribution is -2.50. The van der Waals surface area contributed by atoms with Crippen molar-refractivity contribution in [2.24, 2.45) is 17.6 Å². The quantitative estimate of drug-likeness (QED) is 0.429. The molecule has 38 heavy (non-hydrogen) atoms. The number of amides is 2. The lowest BCUT2D eigenvalue weighted by atomic mass is 9.96. The van der Waals surface area contributed by atoms with Crippen LogP contribution < -0.4 is 21.3 Å². The van der Waals surface area contributed by atoms with Gasteiger partial charge < -0.3 is 21.3 Å². The van der Waals surface area contributed by atoms with Crippen LogP contribution in [0.15, 0.2) is 36.5 Å². The molecule has 200 valence electrons. The molecule has 4 fully saturated rings. The molecule has 3 heterocycles. The van der Waals surface area contributed by atoms with Gasteiger partial charge in [0.2, 0.25) is 0 Å². The monoisotopic (exact) mass is 515 g/mol. The number of Topliss-reactive ketones (excluding diaryl/α,β-unsaturated/α-hetero) is 1. The molecule has 2 aliphatic heterocycles. The van der Waals surface area contributed by atoms with E-state index in [0.717, 1.165) is 69.3 Å². The van der Waals surface area contributed by atoms with Crippen molar-refractivity contribution in [3.63, 3.8) is 0 Å². The Hall–Kier alpha value is -3.42. The van der Waals surface area contributed by atoms with E-state index in [4.69, 9.17) is 10.7 Å². The van der Waals surface area contributed by atoms with Crippen LogP contribution in [-0.4, -0.2) is 47.3 Å². The summed E-state index contributed by atoms with van der Waals surface area (Å²) in [5, 5.41) is 6.56. The molecule has 1 aromatic heterocycles. The lowest BCUT2D eigenvalue weighted by Gasteiger charge is -2.40. The Morgan fingerprint density at radius 2 is 1.63 bits per heavy atom. The second-order valence-corrected chi connectivity index (χ2v) is 11.6. The van der Waals surface area contributed by atoms with Gasteiger partial charge in [-0.05, 0) is 87.6 Å². The number of nitrogens with two attached hydrogens (primary N) is 1. The van der Waals surface area contributed by atoms with Gasteiger partial charge in [0.05, 0.1) is 5.56 Å². The molecular weight excluding hydrogens is 478 g/mol. The van der Waals surface area contributed by atoms with Gasteiger partial charge in [0, 0.05) is 53.6 Å². The molecule has 2 saturated carbocycles. The molecule has 6 rings (SSSR count). The van der Waals surface area contributed by atoms with E-state index in [0.29, 0.717) is 34.8 Å². The maximum absolute atomic E-state index is 13.2. The maximum atomic E-state index is 13.2. The third-order valence-corrected chi connectivity index (χ3v) is 8.92. The van der Waals surface area contributed by atoms with E-state index in [1.807, 2.05) is 12.1 Å². The number of hydrogen-bond acceptors (Lipinski definition) is 6. The fraction of sp³-hybridized carbons (Fsp3) is 0.533. The first-order valence-corrected chi connectivity index (χ1v) is 14.2. The standard InChI is InChI=1S/C30H37N5O3/c31-29(37)25-11-7-20(13-26(25)32-16-18-5-6-18)30(38)34-22-14-23-9-10-24(15-22)35(23)27-12-8-21(17-33-27)28(36)19-3-1-2-4-19/h7-8,11-13,17-19,22-24,32H,1-6,9-10,14-16H2,(H2,31,37)(H,34,38)/t22?,23-,24+. The Morgan fingerprint density at radius 1 is 0.921 bits per heavy atom. The minimum Gasteiger partial charge on any atom is -0.384 e. The largest absolute Gasteiger partial charge is 0.384 e. The van der Waals surface area contributed by atoms with Crippen molar-refractivity contribution in [1.82, 2.24) is 10.3 Å². The molecule has 2 aliphatic carbocycles. The Balaban J connectivity index is 1.09. The number of nitrogens with zero attached hydrogens (tertiary/aromatic N) is 2. The zero-order valence-corrected chi connectivity index (χ0v) is 21.8. The molecule has 4 aliphatic rings. The molecule has 8 nitrogen and oxygen atoms in total. The van der Waals surface area contributed by atoms with Crippen molar-refractivity contribution in [3.8, 4) is 0 Å². The second kappa shape index (κ2) is 10.4. The van der Waals surface area contributed by atoms with Gasteiger partial charge in [-0.3, -0.25) is 14.4 Å². The molecule has 2 bridgehead atoms. The van der Waals surface area contributed by atoms with Gasteiger partial charge in [-0.25, -0.2) is 4.98 Å². The Kier molecular flexibility index (Phi) is 6.80. The minimum atomic E-state index is -0.497. The Bertz CT molecular complexity index is 1200. The van der Waals surface area contributed by atoms with E-state index < -0.39 is 5.91 Å². The third kappa shape index (κ3) is 5.13. The number of primary amides is 1. The Morgan fingerprint density at radius 3 is 2.26 bits per heavy atom. The molecule has 0 spiro atoms. The normalized spacial score (nSPS) is 24.8. The molecule has 2 amide bonds. The number of benzene rings is 1. The summed E-state index contributed by atoms with van der Waals surface area (Å²) < 4.78 is 0. The van der Waals surface area contributed by atoms with Gasteiger partial charge in [0.25, 0.3) is 11.8 Å². The summed E-state index contributed by atoms with van der Waals surface area (Å²) in [6, 6.07) is 9.74. The number of ketones is 1. The van der Waals surface area contributed by atoms with E-state index in [-0.39, 0.29) is 23.7 Å². The van der Waals surface area contributed by atoms with Crippen LogP contribution in [0.1, 0.15) is 95.3 Å². The number of carbonyl (C=O) groups is 3. The van der Waals surface area contributed by atoms with Crippen molar-refractivity contribution in [3.05, 3.63) is 53.2 Å². The molecule has 2 saturated heterocycles. The smallest absolute Gasteiger partial charge is 0.251 e. The topological polar surface area (TPSA) is 117 Å². The molecule has 0 radical (unpaired) electrons. The number of anilines is 2. The number of fused-ring (bicyclic) bond motifs is 2. The lowest BCUT2D eigenvalue weighted by molar-refractivity contribution is 0.0917. The van der Waals surface area contributed by atoms with Crippen LogP contribution >= 0.6 is 0 Å². The van der Waals surface area contributed by atoms with Crippen LogP contribution in [0.2, 0.25) is 0 Å². The van der Waals surface area contributed by atoms with E-state index in [1.54, 1.807) is 24.4 Å². The highest BCUT2D eigenvalue weighted by Crippen LogP contribution is 2.39. The maximum Gasteiger partial charge on any atom is 0.251 e. The van der Waals surface area contributed by atoms with Gasteiger partial charge in [0.1, 0.15) is 5.82 Å². The first-order valence-electron chi connectivity index (χ1n) is 14.2. The summed E-state index contributed by atoms with van der Waals surface area (Å²) in [5.41, 5.74) is 7.86. The van der Waals surface area contributed by atoms with Crippen LogP contribution in [0.25, 0.3) is 0 Å². The average Bonchev–Trinajstić information content (AvgIpc) is 3.51. The molecule has 1 unspecified atom stereocenters. The van der Waals surface area contributed by atoms with Gasteiger partial charge in [-0.15, -0.1) is 0 Å². The molecule has 1 aromatic carbocycles. The summed E-state index contributed by atoms with van der Waals surface area (Å²) >= 11 is 0. The van der Waals surface area contributed by atoms with E-state index in [2.05, 4.69) is 15.5 Å². The summed E-state index contributed by atoms with van der Waals surface area (Å²) in [4.78, 5) is 44.9. The number of nitrogens with one attached hydrogen (secondary N) is 2. The van der Waals surface area contributed by atoms with Gasteiger partial charge in [0.15, 0.2) is 5.78 Å². The van der Waals surface area contributed by atoms with E-state index in [9.17, 15) is 14.4 Å². The Labute approximate surface area is 223 Å². The summed E-state index contributed by atoms with van der Waals surface area (Å²) in [5.74, 6) is 1.34. The molecule has 2 aromatic rings. The zero-order valence-electron chi connectivity index (χ0n) is 21.8. The number of aromatic nitrogens is 1.